The van der Waals surface area contributed by atoms with Crippen LogP contribution in [0.15, 0.2) is 36.7 Å². The predicted octanol–water partition coefficient (Wildman–Crippen LogP) is 3.33. The summed E-state index contributed by atoms with van der Waals surface area (Å²) in [7, 11) is 1.88. The molecule has 20 heavy (non-hydrogen) atoms. The Balaban J connectivity index is 2.00. The van der Waals surface area contributed by atoms with Crippen LogP contribution in [0.4, 0.5) is 0 Å². The van der Waals surface area contributed by atoms with Gasteiger partial charge in [0.15, 0.2) is 0 Å². The SMILES string of the molecule is CCCCc1ccc(Oc2cncc(CNC)n2)cc1. The van der Waals surface area contributed by atoms with Gasteiger partial charge < -0.3 is 10.1 Å². The van der Waals surface area contributed by atoms with E-state index < -0.39 is 0 Å². The van der Waals surface area contributed by atoms with E-state index in [1.807, 2.05) is 19.2 Å². The molecule has 0 aliphatic carbocycles. The number of nitrogens with zero attached hydrogens (tertiary/aromatic N) is 2. The Kier molecular flexibility index (Phi) is 5.50. The fourth-order valence-electron chi connectivity index (χ4n) is 1.93. The van der Waals surface area contributed by atoms with Gasteiger partial charge in [-0.1, -0.05) is 25.5 Å². The first-order chi connectivity index (χ1) is 9.81. The van der Waals surface area contributed by atoms with Gasteiger partial charge in [-0.15, -0.1) is 0 Å². The molecule has 4 nitrogen and oxygen atoms in total. The first kappa shape index (κ1) is 14.5. The first-order valence-corrected chi connectivity index (χ1v) is 7.04. The lowest BCUT2D eigenvalue weighted by Crippen LogP contribution is -2.07. The van der Waals surface area contributed by atoms with E-state index in [9.17, 15) is 0 Å². The summed E-state index contributed by atoms with van der Waals surface area (Å²) in [5.74, 6) is 1.32. The van der Waals surface area contributed by atoms with Crippen molar-refractivity contribution >= 4 is 0 Å². The average molecular weight is 271 g/mol. The molecule has 0 saturated carbocycles. The number of hydrogen-bond acceptors (Lipinski definition) is 4. The molecular weight excluding hydrogens is 250 g/mol. The van der Waals surface area contributed by atoms with Gasteiger partial charge in [0.25, 0.3) is 0 Å². The zero-order valence-corrected chi connectivity index (χ0v) is 12.1. The normalized spacial score (nSPS) is 10.5. The third-order valence-corrected chi connectivity index (χ3v) is 2.99. The molecule has 0 amide bonds. The van der Waals surface area contributed by atoms with Gasteiger partial charge in [0.2, 0.25) is 5.88 Å². The summed E-state index contributed by atoms with van der Waals surface area (Å²) >= 11 is 0. The highest BCUT2D eigenvalue weighted by Gasteiger charge is 2.01. The van der Waals surface area contributed by atoms with Crippen molar-refractivity contribution in [1.29, 1.82) is 0 Å². The van der Waals surface area contributed by atoms with Crippen molar-refractivity contribution in [2.24, 2.45) is 0 Å². The minimum Gasteiger partial charge on any atom is -0.437 e. The Morgan fingerprint density at radius 1 is 1.15 bits per heavy atom. The minimum absolute atomic E-state index is 0.527. The number of benzene rings is 1. The van der Waals surface area contributed by atoms with E-state index in [0.717, 1.165) is 17.9 Å². The maximum atomic E-state index is 5.72. The van der Waals surface area contributed by atoms with Gasteiger partial charge in [-0.3, -0.25) is 4.98 Å². The van der Waals surface area contributed by atoms with Gasteiger partial charge >= 0.3 is 0 Å². The molecule has 0 bridgehead atoms. The van der Waals surface area contributed by atoms with E-state index in [2.05, 4.69) is 34.3 Å². The molecule has 106 valence electrons. The molecule has 1 N–H and O–H groups in total. The lowest BCUT2D eigenvalue weighted by molar-refractivity contribution is 0.456. The van der Waals surface area contributed by atoms with E-state index in [0.29, 0.717) is 12.4 Å². The molecule has 0 saturated heterocycles. The van der Waals surface area contributed by atoms with E-state index in [1.165, 1.54) is 18.4 Å². The Labute approximate surface area is 120 Å². The Morgan fingerprint density at radius 3 is 2.65 bits per heavy atom. The van der Waals surface area contributed by atoms with E-state index in [1.54, 1.807) is 12.4 Å². The highest BCUT2D eigenvalue weighted by Crippen LogP contribution is 2.20. The molecule has 4 heteroatoms. The molecule has 1 aromatic carbocycles. The monoisotopic (exact) mass is 271 g/mol. The smallest absolute Gasteiger partial charge is 0.238 e. The number of rotatable bonds is 7. The highest BCUT2D eigenvalue weighted by molar-refractivity contribution is 5.30. The van der Waals surface area contributed by atoms with Crippen molar-refractivity contribution in [2.75, 3.05) is 7.05 Å². The summed E-state index contributed by atoms with van der Waals surface area (Å²) in [5, 5.41) is 3.04. The Bertz CT molecular complexity index is 526. The predicted molar refractivity (Wildman–Crippen MR) is 79.9 cm³/mol. The van der Waals surface area contributed by atoms with E-state index >= 15 is 0 Å². The van der Waals surface area contributed by atoms with Gasteiger partial charge in [0, 0.05) is 12.7 Å². The summed E-state index contributed by atoms with van der Waals surface area (Å²) in [6, 6.07) is 8.18. The average Bonchev–Trinajstić information content (AvgIpc) is 2.47. The van der Waals surface area contributed by atoms with Gasteiger partial charge in [-0.2, -0.15) is 0 Å². The molecule has 1 aromatic heterocycles. The molecule has 0 radical (unpaired) electrons. The van der Waals surface area contributed by atoms with Gasteiger partial charge in [-0.05, 0) is 37.6 Å². The molecule has 0 spiro atoms. The summed E-state index contributed by atoms with van der Waals surface area (Å²) in [5.41, 5.74) is 2.21. The molecule has 1 heterocycles. The molecule has 0 fully saturated rings. The number of nitrogens with one attached hydrogen (secondary N) is 1. The molecule has 0 aliphatic rings. The maximum absolute atomic E-state index is 5.72. The molecule has 2 aromatic rings. The van der Waals surface area contributed by atoms with E-state index in [-0.39, 0.29) is 0 Å². The largest absolute Gasteiger partial charge is 0.437 e. The maximum Gasteiger partial charge on any atom is 0.238 e. The van der Waals surface area contributed by atoms with Crippen molar-refractivity contribution in [1.82, 2.24) is 15.3 Å². The third-order valence-electron chi connectivity index (χ3n) is 2.99. The van der Waals surface area contributed by atoms with Crippen molar-refractivity contribution in [3.63, 3.8) is 0 Å². The highest BCUT2D eigenvalue weighted by atomic mass is 16.5. The fraction of sp³-hybridized carbons (Fsp3) is 0.375. The number of aromatic nitrogens is 2. The zero-order chi connectivity index (χ0) is 14.2. The summed E-state index contributed by atoms with van der Waals surface area (Å²) < 4.78 is 5.72. The molecule has 0 atom stereocenters. The van der Waals surface area contributed by atoms with Crippen LogP contribution in [-0.4, -0.2) is 17.0 Å². The standard InChI is InChI=1S/C16H21N3O/c1-3-4-5-13-6-8-15(9-7-13)20-16-12-18-11-14(19-16)10-17-2/h6-9,11-12,17H,3-5,10H2,1-2H3. The topological polar surface area (TPSA) is 47.0 Å². The second-order valence-corrected chi connectivity index (χ2v) is 4.73. The molecule has 0 unspecified atom stereocenters. The third kappa shape index (κ3) is 4.31. The van der Waals surface area contributed by atoms with Crippen molar-refractivity contribution in [2.45, 2.75) is 32.7 Å². The zero-order valence-electron chi connectivity index (χ0n) is 12.1. The van der Waals surface area contributed by atoms with Gasteiger partial charge in [0.05, 0.1) is 11.9 Å². The van der Waals surface area contributed by atoms with Crippen LogP contribution >= 0.6 is 0 Å². The van der Waals surface area contributed by atoms with Crippen LogP contribution in [0.5, 0.6) is 11.6 Å². The number of aryl methyl sites for hydroxylation is 1. The van der Waals surface area contributed by atoms with Gasteiger partial charge in [0.1, 0.15) is 5.75 Å². The van der Waals surface area contributed by atoms with Crippen LogP contribution in [0.25, 0.3) is 0 Å². The lowest BCUT2D eigenvalue weighted by atomic mass is 10.1. The van der Waals surface area contributed by atoms with Crippen molar-refractivity contribution in [3.05, 3.63) is 47.9 Å². The van der Waals surface area contributed by atoms with Crippen LogP contribution in [0.2, 0.25) is 0 Å². The number of hydrogen-bond donors (Lipinski definition) is 1. The second-order valence-electron chi connectivity index (χ2n) is 4.73. The lowest BCUT2D eigenvalue weighted by Gasteiger charge is -2.07. The molecule has 2 rings (SSSR count). The molecular formula is C16H21N3O. The minimum atomic E-state index is 0.527. The first-order valence-electron chi connectivity index (χ1n) is 7.04. The fourth-order valence-corrected chi connectivity index (χ4v) is 1.93. The number of ether oxygens (including phenoxy) is 1. The number of unbranched alkanes of at least 4 members (excludes halogenated alkanes) is 1. The van der Waals surface area contributed by atoms with Crippen LogP contribution in [0.3, 0.4) is 0 Å². The quantitative estimate of drug-likeness (QED) is 0.839. The second kappa shape index (κ2) is 7.60. The van der Waals surface area contributed by atoms with Crippen molar-refractivity contribution < 1.29 is 4.74 Å². The summed E-state index contributed by atoms with van der Waals surface area (Å²) in [6.07, 6.45) is 6.92. The van der Waals surface area contributed by atoms with Crippen molar-refractivity contribution in [3.8, 4) is 11.6 Å². The van der Waals surface area contributed by atoms with Crippen LogP contribution < -0.4 is 10.1 Å². The molecule has 0 aliphatic heterocycles. The van der Waals surface area contributed by atoms with Crippen LogP contribution in [0, 0.1) is 0 Å². The summed E-state index contributed by atoms with van der Waals surface area (Å²) in [4.78, 5) is 8.51. The van der Waals surface area contributed by atoms with Gasteiger partial charge in [-0.25, -0.2) is 4.98 Å². The van der Waals surface area contributed by atoms with E-state index in [4.69, 9.17) is 4.74 Å². The van der Waals surface area contributed by atoms with Crippen LogP contribution in [-0.2, 0) is 13.0 Å². The Hall–Kier alpha value is -1.94. The Morgan fingerprint density at radius 2 is 1.95 bits per heavy atom. The van der Waals surface area contributed by atoms with Crippen LogP contribution in [0.1, 0.15) is 31.0 Å². The summed E-state index contributed by atoms with van der Waals surface area (Å²) in [6.45, 7) is 2.88.